The van der Waals surface area contributed by atoms with E-state index in [1.807, 2.05) is 62.4 Å². The van der Waals surface area contributed by atoms with Gasteiger partial charge in [0, 0.05) is 24.4 Å². The Morgan fingerprint density at radius 3 is 2.33 bits per heavy atom. The summed E-state index contributed by atoms with van der Waals surface area (Å²) in [5.41, 5.74) is 4.84. The van der Waals surface area contributed by atoms with Gasteiger partial charge in [0.05, 0.1) is 11.4 Å². The highest BCUT2D eigenvalue weighted by Gasteiger charge is 2.23. The largest absolute Gasteiger partial charge is 0.329 e. The number of nitrogens with one attached hydrogen (secondary N) is 1. The zero-order valence-corrected chi connectivity index (χ0v) is 20.5. The second kappa shape index (κ2) is 10.0. The Bertz CT molecular complexity index is 1130. The highest BCUT2D eigenvalue weighted by molar-refractivity contribution is 5.94. The van der Waals surface area contributed by atoms with Crippen LogP contribution in [0.2, 0.25) is 0 Å². The van der Waals surface area contributed by atoms with Crippen molar-refractivity contribution >= 4 is 17.6 Å². The number of nitrogens with zero attached hydrogens (tertiary/aromatic N) is 3. The molecule has 0 spiro atoms. The van der Waals surface area contributed by atoms with Gasteiger partial charge in [-0.1, -0.05) is 75.7 Å². The van der Waals surface area contributed by atoms with E-state index in [1.165, 1.54) is 5.56 Å². The van der Waals surface area contributed by atoms with Gasteiger partial charge in [0.2, 0.25) is 11.8 Å². The van der Waals surface area contributed by atoms with Gasteiger partial charge in [-0.2, -0.15) is 5.10 Å². The lowest BCUT2D eigenvalue weighted by molar-refractivity contribution is -0.135. The highest BCUT2D eigenvalue weighted by Crippen LogP contribution is 2.27. The summed E-state index contributed by atoms with van der Waals surface area (Å²) in [6.07, 6.45) is 0.342. The first-order chi connectivity index (χ1) is 15.6. The molecule has 0 radical (unpaired) electrons. The van der Waals surface area contributed by atoms with E-state index in [1.54, 1.807) is 9.58 Å². The van der Waals surface area contributed by atoms with E-state index in [0.29, 0.717) is 18.8 Å². The molecule has 0 aliphatic carbocycles. The van der Waals surface area contributed by atoms with Crippen LogP contribution in [0.5, 0.6) is 0 Å². The van der Waals surface area contributed by atoms with Crippen LogP contribution in [0, 0.1) is 13.8 Å². The van der Waals surface area contributed by atoms with Crippen molar-refractivity contribution in [3.05, 3.63) is 77.0 Å². The van der Waals surface area contributed by atoms with Gasteiger partial charge in [0.1, 0.15) is 12.4 Å². The fourth-order valence-corrected chi connectivity index (χ4v) is 3.68. The van der Waals surface area contributed by atoms with Crippen LogP contribution in [0.4, 0.5) is 5.82 Å². The van der Waals surface area contributed by atoms with Gasteiger partial charge in [0.25, 0.3) is 0 Å². The first-order valence-corrected chi connectivity index (χ1v) is 11.4. The maximum Gasteiger partial charge on any atom is 0.245 e. The molecule has 174 valence electrons. The number of aromatic nitrogens is 2. The number of benzene rings is 2. The minimum absolute atomic E-state index is 0.0233. The average Bonchev–Trinajstić information content (AvgIpc) is 3.17. The maximum atomic E-state index is 13.1. The Morgan fingerprint density at radius 1 is 1.03 bits per heavy atom. The molecule has 0 aliphatic rings. The van der Waals surface area contributed by atoms with Gasteiger partial charge < -0.3 is 10.2 Å². The van der Waals surface area contributed by atoms with E-state index in [-0.39, 0.29) is 23.8 Å². The van der Waals surface area contributed by atoms with Crippen LogP contribution in [-0.4, -0.2) is 33.0 Å². The number of rotatable bonds is 7. The number of hydrogen-bond donors (Lipinski definition) is 1. The predicted octanol–water partition coefficient (Wildman–Crippen LogP) is 5.16. The summed E-state index contributed by atoms with van der Waals surface area (Å²) in [4.78, 5) is 27.2. The van der Waals surface area contributed by atoms with Gasteiger partial charge in [-0.05, 0) is 31.0 Å². The van der Waals surface area contributed by atoms with E-state index in [9.17, 15) is 9.59 Å². The van der Waals surface area contributed by atoms with Gasteiger partial charge >= 0.3 is 0 Å². The Kier molecular flexibility index (Phi) is 7.36. The average molecular weight is 447 g/mol. The molecule has 1 heterocycles. The quantitative estimate of drug-likeness (QED) is 0.545. The second-order valence-corrected chi connectivity index (χ2v) is 9.50. The molecule has 0 unspecified atom stereocenters. The summed E-state index contributed by atoms with van der Waals surface area (Å²) < 4.78 is 1.79. The van der Waals surface area contributed by atoms with Crippen molar-refractivity contribution in [1.29, 1.82) is 0 Å². The van der Waals surface area contributed by atoms with Crippen molar-refractivity contribution < 1.29 is 9.59 Å². The van der Waals surface area contributed by atoms with Crippen LogP contribution in [-0.2, 0) is 21.5 Å². The molecule has 6 heteroatoms. The fourth-order valence-electron chi connectivity index (χ4n) is 3.68. The molecular formula is C27H34N4O2. The minimum Gasteiger partial charge on any atom is -0.329 e. The van der Waals surface area contributed by atoms with E-state index < -0.39 is 0 Å². The monoisotopic (exact) mass is 446 g/mol. The molecule has 3 rings (SSSR count). The molecular weight excluding hydrogens is 412 g/mol. The third kappa shape index (κ3) is 6.09. The summed E-state index contributed by atoms with van der Waals surface area (Å²) in [5, 5.41) is 7.82. The van der Waals surface area contributed by atoms with Gasteiger partial charge in [0.15, 0.2) is 0 Å². The molecule has 0 saturated carbocycles. The fraction of sp³-hybridized carbons (Fsp3) is 0.370. The van der Waals surface area contributed by atoms with Crippen LogP contribution in [0.3, 0.4) is 0 Å². The summed E-state index contributed by atoms with van der Waals surface area (Å²) in [6, 6.07) is 17.8. The van der Waals surface area contributed by atoms with Crippen molar-refractivity contribution in [1.82, 2.24) is 14.7 Å². The number of carbonyl (C=O) groups is 2. The zero-order valence-electron chi connectivity index (χ0n) is 20.5. The molecule has 0 bridgehead atoms. The maximum absolute atomic E-state index is 13.1. The standard InChI is InChI=1S/C27H34N4O2/c1-7-26(33)30(17-21-11-9-8-10-12-21)18-25(32)28-24-16-23(27(4,5)6)29-31(24)22-14-13-19(2)15-20(22)3/h8-16H,7,17-18H2,1-6H3,(H,28,32). The van der Waals surface area contributed by atoms with Crippen molar-refractivity contribution in [2.45, 2.75) is 59.9 Å². The van der Waals surface area contributed by atoms with E-state index in [4.69, 9.17) is 5.10 Å². The Labute approximate surface area is 196 Å². The predicted molar refractivity (Wildman–Crippen MR) is 133 cm³/mol. The molecule has 2 amide bonds. The lowest BCUT2D eigenvalue weighted by Gasteiger charge is -2.22. The summed E-state index contributed by atoms with van der Waals surface area (Å²) in [6.45, 7) is 12.5. The van der Waals surface area contributed by atoms with Crippen LogP contribution < -0.4 is 5.32 Å². The SMILES string of the molecule is CCC(=O)N(CC(=O)Nc1cc(C(C)(C)C)nn1-c1ccc(C)cc1C)Cc1ccccc1. The molecule has 0 fully saturated rings. The van der Waals surface area contributed by atoms with Gasteiger partial charge in [-0.25, -0.2) is 4.68 Å². The lowest BCUT2D eigenvalue weighted by Crippen LogP contribution is -2.37. The molecule has 33 heavy (non-hydrogen) atoms. The summed E-state index contributed by atoms with van der Waals surface area (Å²) in [7, 11) is 0. The normalized spacial score (nSPS) is 11.3. The van der Waals surface area contributed by atoms with Crippen molar-refractivity contribution in [3.63, 3.8) is 0 Å². The van der Waals surface area contributed by atoms with Crippen LogP contribution in [0.25, 0.3) is 5.69 Å². The van der Waals surface area contributed by atoms with Crippen molar-refractivity contribution in [2.75, 3.05) is 11.9 Å². The number of carbonyl (C=O) groups excluding carboxylic acids is 2. The topological polar surface area (TPSA) is 67.2 Å². The Balaban J connectivity index is 1.88. The molecule has 6 nitrogen and oxygen atoms in total. The number of amides is 2. The van der Waals surface area contributed by atoms with E-state index in [2.05, 4.69) is 39.1 Å². The minimum atomic E-state index is -0.251. The molecule has 0 atom stereocenters. The lowest BCUT2D eigenvalue weighted by atomic mass is 9.92. The van der Waals surface area contributed by atoms with Crippen molar-refractivity contribution in [2.24, 2.45) is 0 Å². The van der Waals surface area contributed by atoms with Crippen molar-refractivity contribution in [3.8, 4) is 5.69 Å². The Morgan fingerprint density at radius 2 is 1.73 bits per heavy atom. The van der Waals surface area contributed by atoms with Gasteiger partial charge in [-0.3, -0.25) is 9.59 Å². The van der Waals surface area contributed by atoms with Gasteiger partial charge in [-0.15, -0.1) is 0 Å². The molecule has 1 aromatic heterocycles. The Hall–Kier alpha value is -3.41. The number of anilines is 1. The summed E-state index contributed by atoms with van der Waals surface area (Å²) in [5.74, 6) is 0.284. The van der Waals surface area contributed by atoms with E-state index >= 15 is 0 Å². The molecule has 2 aromatic carbocycles. The molecule has 0 aliphatic heterocycles. The van der Waals surface area contributed by atoms with E-state index in [0.717, 1.165) is 22.5 Å². The third-order valence-electron chi connectivity index (χ3n) is 5.53. The number of hydrogen-bond acceptors (Lipinski definition) is 3. The van der Waals surface area contributed by atoms with Crippen LogP contribution in [0.15, 0.2) is 54.6 Å². The molecule has 3 aromatic rings. The first kappa shape index (κ1) is 24.2. The molecule has 0 saturated heterocycles. The van der Waals surface area contributed by atoms with Crippen LogP contribution in [0.1, 0.15) is 56.5 Å². The second-order valence-electron chi connectivity index (χ2n) is 9.50. The highest BCUT2D eigenvalue weighted by atomic mass is 16.2. The van der Waals surface area contributed by atoms with Crippen LogP contribution >= 0.6 is 0 Å². The summed E-state index contributed by atoms with van der Waals surface area (Å²) >= 11 is 0. The number of aryl methyl sites for hydroxylation is 2. The third-order valence-corrected chi connectivity index (χ3v) is 5.53. The molecule has 1 N–H and O–H groups in total. The smallest absolute Gasteiger partial charge is 0.245 e. The first-order valence-electron chi connectivity index (χ1n) is 11.4. The zero-order chi connectivity index (χ0) is 24.2.